The van der Waals surface area contributed by atoms with Crippen molar-refractivity contribution in [1.82, 2.24) is 20.2 Å². The van der Waals surface area contributed by atoms with Gasteiger partial charge in [0.05, 0.1) is 11.0 Å². The lowest BCUT2D eigenvalue weighted by molar-refractivity contribution is -0.0498. The van der Waals surface area contributed by atoms with Gasteiger partial charge in [0, 0.05) is 33.1 Å². The second kappa shape index (κ2) is 11.7. The van der Waals surface area contributed by atoms with Crippen molar-refractivity contribution in [2.24, 2.45) is 4.99 Å². The summed E-state index contributed by atoms with van der Waals surface area (Å²) < 4.78 is 28.9. The third-order valence-electron chi connectivity index (χ3n) is 4.31. The number of aliphatic imine (C=N–C) groups is 1. The van der Waals surface area contributed by atoms with Gasteiger partial charge in [-0.05, 0) is 36.8 Å². The maximum Gasteiger partial charge on any atom is 0.387 e. The van der Waals surface area contributed by atoms with Crippen molar-refractivity contribution >= 4 is 41.0 Å². The summed E-state index contributed by atoms with van der Waals surface area (Å²) in [5, 5.41) is 3.27. The van der Waals surface area contributed by atoms with Gasteiger partial charge in [-0.15, -0.1) is 24.0 Å². The summed E-state index contributed by atoms with van der Waals surface area (Å²) in [6, 6.07) is 14.6. The Bertz CT molecular complexity index is 913. The minimum absolute atomic E-state index is 0. The zero-order valence-electron chi connectivity index (χ0n) is 16.9. The van der Waals surface area contributed by atoms with Gasteiger partial charge in [0.1, 0.15) is 11.6 Å². The number of rotatable bonds is 8. The first kappa shape index (κ1) is 23.8. The van der Waals surface area contributed by atoms with E-state index < -0.39 is 6.61 Å². The molecule has 0 aliphatic heterocycles. The average Bonchev–Trinajstić information content (AvgIpc) is 3.11. The van der Waals surface area contributed by atoms with Crippen LogP contribution in [-0.2, 0) is 13.0 Å². The van der Waals surface area contributed by atoms with Crippen LogP contribution in [-0.4, -0.2) is 47.6 Å². The molecule has 6 nitrogen and oxygen atoms in total. The van der Waals surface area contributed by atoms with Crippen molar-refractivity contribution < 1.29 is 13.5 Å². The van der Waals surface area contributed by atoms with E-state index in [0.29, 0.717) is 19.5 Å². The molecule has 0 fully saturated rings. The third kappa shape index (κ3) is 6.82. The second-order valence-electron chi connectivity index (χ2n) is 6.56. The first-order valence-electron chi connectivity index (χ1n) is 9.52. The maximum absolute atomic E-state index is 12.3. The molecule has 0 atom stereocenters. The standard InChI is InChI=1S/C21H25F2N5O.HI/c1-3-24-21(25-13-12-19-26-17-6-4-5-7-18(17)27-19)28(2)14-15-8-10-16(11-9-15)29-20(22)23;/h4-11,20H,3,12-14H2,1-2H3,(H,24,25)(H,26,27);1H. The quantitative estimate of drug-likeness (QED) is 0.258. The number of aromatic nitrogens is 2. The maximum atomic E-state index is 12.3. The Kier molecular flexibility index (Phi) is 9.28. The number of nitrogens with zero attached hydrogens (tertiary/aromatic N) is 3. The molecular weight excluding hydrogens is 503 g/mol. The molecule has 0 radical (unpaired) electrons. The number of nitrogens with one attached hydrogen (secondary N) is 2. The zero-order valence-corrected chi connectivity index (χ0v) is 19.3. The number of hydrogen-bond donors (Lipinski definition) is 2. The van der Waals surface area contributed by atoms with Gasteiger partial charge >= 0.3 is 6.61 Å². The largest absolute Gasteiger partial charge is 0.435 e. The van der Waals surface area contributed by atoms with Crippen LogP contribution in [0.1, 0.15) is 18.3 Å². The number of alkyl halides is 2. The monoisotopic (exact) mass is 529 g/mol. The Balaban J connectivity index is 0.00000320. The number of aromatic amines is 1. The Morgan fingerprint density at radius 2 is 1.93 bits per heavy atom. The van der Waals surface area contributed by atoms with Crippen LogP contribution in [0.4, 0.5) is 8.78 Å². The van der Waals surface area contributed by atoms with Crippen molar-refractivity contribution in [2.75, 3.05) is 20.1 Å². The van der Waals surface area contributed by atoms with Crippen molar-refractivity contribution in [3.8, 4) is 5.75 Å². The lowest BCUT2D eigenvalue weighted by Gasteiger charge is -2.22. The number of ether oxygens (including phenoxy) is 1. The molecule has 30 heavy (non-hydrogen) atoms. The number of fused-ring (bicyclic) bond motifs is 1. The summed E-state index contributed by atoms with van der Waals surface area (Å²) in [5.74, 6) is 1.83. The fraction of sp³-hybridized carbons (Fsp3) is 0.333. The highest BCUT2D eigenvalue weighted by Crippen LogP contribution is 2.16. The van der Waals surface area contributed by atoms with E-state index in [0.717, 1.165) is 34.9 Å². The Morgan fingerprint density at radius 3 is 2.60 bits per heavy atom. The molecule has 0 saturated carbocycles. The number of para-hydroxylation sites is 2. The number of guanidine groups is 1. The highest BCUT2D eigenvalue weighted by molar-refractivity contribution is 14.0. The van der Waals surface area contributed by atoms with E-state index in [1.165, 1.54) is 0 Å². The number of benzene rings is 2. The van der Waals surface area contributed by atoms with Crippen LogP contribution < -0.4 is 10.1 Å². The lowest BCUT2D eigenvalue weighted by Crippen LogP contribution is -2.38. The minimum atomic E-state index is -2.82. The molecule has 0 bridgehead atoms. The summed E-state index contributed by atoms with van der Waals surface area (Å²) >= 11 is 0. The Hall–Kier alpha value is -2.43. The number of hydrogen-bond acceptors (Lipinski definition) is 3. The summed E-state index contributed by atoms with van der Waals surface area (Å²) in [6.07, 6.45) is 0.705. The van der Waals surface area contributed by atoms with Gasteiger partial charge in [-0.1, -0.05) is 24.3 Å². The van der Waals surface area contributed by atoms with Crippen molar-refractivity contribution in [3.63, 3.8) is 0 Å². The fourth-order valence-corrected chi connectivity index (χ4v) is 2.99. The van der Waals surface area contributed by atoms with Crippen LogP contribution in [0.15, 0.2) is 53.5 Å². The van der Waals surface area contributed by atoms with E-state index in [4.69, 9.17) is 0 Å². The highest BCUT2D eigenvalue weighted by atomic mass is 127. The highest BCUT2D eigenvalue weighted by Gasteiger charge is 2.09. The van der Waals surface area contributed by atoms with Crippen LogP contribution in [0.25, 0.3) is 11.0 Å². The van der Waals surface area contributed by atoms with E-state index in [1.807, 2.05) is 43.1 Å². The normalized spacial score (nSPS) is 11.4. The van der Waals surface area contributed by atoms with Crippen LogP contribution in [0.2, 0.25) is 0 Å². The molecule has 1 heterocycles. The molecule has 2 aromatic carbocycles. The van der Waals surface area contributed by atoms with Gasteiger partial charge in [0.25, 0.3) is 0 Å². The number of H-pyrrole nitrogens is 1. The molecule has 2 N–H and O–H groups in total. The van der Waals surface area contributed by atoms with Crippen molar-refractivity contribution in [1.29, 1.82) is 0 Å². The molecular formula is C21H26F2IN5O. The summed E-state index contributed by atoms with van der Waals surface area (Å²) in [7, 11) is 1.94. The van der Waals surface area contributed by atoms with E-state index in [9.17, 15) is 8.78 Å². The lowest BCUT2D eigenvalue weighted by atomic mass is 10.2. The van der Waals surface area contributed by atoms with Crippen LogP contribution in [0, 0.1) is 0 Å². The molecule has 9 heteroatoms. The molecule has 162 valence electrons. The Morgan fingerprint density at radius 1 is 1.20 bits per heavy atom. The van der Waals surface area contributed by atoms with Crippen LogP contribution >= 0.6 is 24.0 Å². The molecule has 0 aliphatic carbocycles. The van der Waals surface area contributed by atoms with E-state index >= 15 is 0 Å². The van der Waals surface area contributed by atoms with Crippen molar-refractivity contribution in [3.05, 3.63) is 59.9 Å². The predicted octanol–water partition coefficient (Wildman–Crippen LogP) is 4.42. The zero-order chi connectivity index (χ0) is 20.6. The predicted molar refractivity (Wildman–Crippen MR) is 126 cm³/mol. The first-order valence-corrected chi connectivity index (χ1v) is 9.52. The van der Waals surface area contributed by atoms with E-state index in [-0.39, 0.29) is 29.7 Å². The summed E-state index contributed by atoms with van der Waals surface area (Å²) in [6.45, 7) is 1.12. The van der Waals surface area contributed by atoms with Crippen molar-refractivity contribution in [2.45, 2.75) is 26.5 Å². The van der Waals surface area contributed by atoms with Gasteiger partial charge in [-0.2, -0.15) is 8.78 Å². The molecule has 0 amide bonds. The van der Waals surface area contributed by atoms with Gasteiger partial charge in [-0.3, -0.25) is 4.99 Å². The molecule has 0 saturated heterocycles. The Labute approximate surface area is 191 Å². The van der Waals surface area contributed by atoms with Gasteiger partial charge in [0.2, 0.25) is 0 Å². The number of halogens is 3. The minimum Gasteiger partial charge on any atom is -0.435 e. The molecule has 0 aliphatic rings. The summed E-state index contributed by atoms with van der Waals surface area (Å²) in [5.41, 5.74) is 2.95. The number of imidazole rings is 1. The van der Waals surface area contributed by atoms with Gasteiger partial charge in [0.15, 0.2) is 5.96 Å². The van der Waals surface area contributed by atoms with Gasteiger partial charge in [-0.25, -0.2) is 4.98 Å². The smallest absolute Gasteiger partial charge is 0.387 e. The topological polar surface area (TPSA) is 65.5 Å². The van der Waals surface area contributed by atoms with E-state index in [1.54, 1.807) is 24.3 Å². The molecule has 0 unspecified atom stereocenters. The van der Waals surface area contributed by atoms with Gasteiger partial charge < -0.3 is 19.9 Å². The average molecular weight is 529 g/mol. The molecule has 0 spiro atoms. The molecule has 1 aromatic heterocycles. The molecule has 3 aromatic rings. The fourth-order valence-electron chi connectivity index (χ4n) is 2.99. The molecule has 3 rings (SSSR count). The van der Waals surface area contributed by atoms with Crippen LogP contribution in [0.5, 0.6) is 5.75 Å². The first-order chi connectivity index (χ1) is 14.0. The summed E-state index contributed by atoms with van der Waals surface area (Å²) in [4.78, 5) is 14.6. The third-order valence-corrected chi connectivity index (χ3v) is 4.31. The SMILES string of the molecule is CCNC(=NCCc1nc2ccccc2[nH]1)N(C)Cc1ccc(OC(F)F)cc1.I. The second-order valence-corrected chi connectivity index (χ2v) is 6.56. The van der Waals surface area contributed by atoms with Crippen LogP contribution in [0.3, 0.4) is 0 Å². The van der Waals surface area contributed by atoms with E-state index in [2.05, 4.69) is 25.0 Å².